The molecule has 2 aromatic carbocycles. The number of amides is 2. The van der Waals surface area contributed by atoms with E-state index >= 15 is 0 Å². The zero-order valence-electron chi connectivity index (χ0n) is 18.8. The van der Waals surface area contributed by atoms with Crippen LogP contribution < -0.4 is 10.6 Å². The van der Waals surface area contributed by atoms with Crippen LogP contribution in [0.2, 0.25) is 0 Å². The molecule has 0 spiro atoms. The maximum absolute atomic E-state index is 13.4. The van der Waals surface area contributed by atoms with Crippen LogP contribution in [-0.2, 0) is 12.8 Å². The number of hydrogen-bond acceptors (Lipinski definition) is 3. The average molecular weight is 529 g/mol. The van der Waals surface area contributed by atoms with E-state index in [4.69, 9.17) is 0 Å². The molecule has 0 saturated carbocycles. The summed E-state index contributed by atoms with van der Waals surface area (Å²) in [5.74, 6) is -0.512. The fourth-order valence-electron chi connectivity index (χ4n) is 4.18. The van der Waals surface area contributed by atoms with Crippen molar-refractivity contribution in [2.24, 2.45) is 11.3 Å². The van der Waals surface area contributed by atoms with Gasteiger partial charge in [0.2, 0.25) is 0 Å². The molecule has 33 heavy (non-hydrogen) atoms. The predicted molar refractivity (Wildman–Crippen MR) is 136 cm³/mol. The van der Waals surface area contributed by atoms with Crippen molar-refractivity contribution in [3.8, 4) is 0 Å². The molecule has 3 aromatic rings. The van der Waals surface area contributed by atoms with Crippen LogP contribution in [0, 0.1) is 17.2 Å². The standard InChI is InChI=1S/C26H26BrFN2O2S/c1-26(2,3)16-10-13-18-21(14-16)33-25(30-23(31)15-8-11-17(28)12-9-15)22(18)24(32)29-20-7-5-4-6-19(20)27/h4-9,11-12,16H,10,13-14H2,1-3H3,(H,29,32)(H,30,31). The molecule has 1 atom stereocenters. The second-order valence-corrected chi connectivity index (χ2v) is 11.4. The number of carbonyl (C=O) groups is 2. The summed E-state index contributed by atoms with van der Waals surface area (Å²) in [5.41, 5.74) is 2.71. The highest BCUT2D eigenvalue weighted by atomic mass is 79.9. The maximum Gasteiger partial charge on any atom is 0.258 e. The van der Waals surface area contributed by atoms with E-state index in [0.717, 1.165) is 34.2 Å². The van der Waals surface area contributed by atoms with Crippen molar-refractivity contribution in [2.45, 2.75) is 40.0 Å². The number of thiophene rings is 1. The predicted octanol–water partition coefficient (Wildman–Crippen LogP) is 7.31. The molecule has 0 saturated heterocycles. The highest BCUT2D eigenvalue weighted by Gasteiger charge is 2.34. The molecule has 0 bridgehead atoms. The first kappa shape index (κ1) is 23.6. The van der Waals surface area contributed by atoms with E-state index in [0.29, 0.717) is 27.7 Å². The Hall–Kier alpha value is -2.51. The molecule has 4 rings (SSSR count). The normalized spacial score (nSPS) is 15.6. The van der Waals surface area contributed by atoms with E-state index in [1.807, 2.05) is 24.3 Å². The fourth-order valence-corrected chi connectivity index (χ4v) is 5.88. The number of fused-ring (bicyclic) bond motifs is 1. The van der Waals surface area contributed by atoms with Gasteiger partial charge in [0.25, 0.3) is 11.8 Å². The van der Waals surface area contributed by atoms with E-state index in [2.05, 4.69) is 47.3 Å². The van der Waals surface area contributed by atoms with Crippen molar-refractivity contribution in [2.75, 3.05) is 10.6 Å². The SMILES string of the molecule is CC(C)(C)C1CCc2c(sc(NC(=O)c3ccc(F)cc3)c2C(=O)Nc2ccccc2Br)C1. The molecule has 2 amide bonds. The van der Waals surface area contributed by atoms with Crippen LogP contribution in [0.4, 0.5) is 15.1 Å². The van der Waals surface area contributed by atoms with Gasteiger partial charge in [-0.3, -0.25) is 9.59 Å². The third-order valence-electron chi connectivity index (χ3n) is 6.17. The topological polar surface area (TPSA) is 58.2 Å². The number of rotatable bonds is 4. The van der Waals surface area contributed by atoms with Crippen molar-refractivity contribution in [3.63, 3.8) is 0 Å². The number of anilines is 2. The van der Waals surface area contributed by atoms with E-state index in [-0.39, 0.29) is 17.2 Å². The number of benzene rings is 2. The minimum absolute atomic E-state index is 0.163. The van der Waals surface area contributed by atoms with Crippen molar-refractivity contribution in [1.82, 2.24) is 0 Å². The van der Waals surface area contributed by atoms with Gasteiger partial charge < -0.3 is 10.6 Å². The molecule has 1 unspecified atom stereocenters. The lowest BCUT2D eigenvalue weighted by Gasteiger charge is -2.33. The van der Waals surface area contributed by atoms with Crippen molar-refractivity contribution >= 4 is 49.8 Å². The first-order chi connectivity index (χ1) is 15.6. The van der Waals surface area contributed by atoms with E-state index < -0.39 is 5.82 Å². The average Bonchev–Trinajstić information content (AvgIpc) is 3.12. The van der Waals surface area contributed by atoms with Gasteiger partial charge in [-0.05, 0) is 88.5 Å². The molecule has 2 N–H and O–H groups in total. The lowest BCUT2D eigenvalue weighted by Crippen LogP contribution is -2.27. The summed E-state index contributed by atoms with van der Waals surface area (Å²) in [5, 5.41) is 6.44. The first-order valence-electron chi connectivity index (χ1n) is 10.9. The van der Waals surface area contributed by atoms with Crippen LogP contribution in [0.25, 0.3) is 0 Å². The summed E-state index contributed by atoms with van der Waals surface area (Å²) < 4.78 is 14.1. The van der Waals surface area contributed by atoms with Crippen LogP contribution in [0.15, 0.2) is 53.0 Å². The second kappa shape index (κ2) is 9.39. The summed E-state index contributed by atoms with van der Waals surface area (Å²) in [7, 11) is 0. The Morgan fingerprint density at radius 3 is 2.39 bits per heavy atom. The lowest BCUT2D eigenvalue weighted by atomic mass is 9.72. The molecular weight excluding hydrogens is 503 g/mol. The Kier molecular flexibility index (Phi) is 6.73. The summed E-state index contributed by atoms with van der Waals surface area (Å²) in [4.78, 5) is 27.5. The lowest BCUT2D eigenvalue weighted by molar-refractivity contribution is 0.102. The van der Waals surface area contributed by atoms with Crippen LogP contribution in [-0.4, -0.2) is 11.8 Å². The third-order valence-corrected chi connectivity index (χ3v) is 8.03. The Morgan fingerprint density at radius 1 is 1.03 bits per heavy atom. The minimum atomic E-state index is -0.403. The molecule has 0 aliphatic heterocycles. The summed E-state index contributed by atoms with van der Waals surface area (Å²) in [6.45, 7) is 6.73. The van der Waals surface area contributed by atoms with Crippen molar-refractivity contribution < 1.29 is 14.0 Å². The molecular formula is C26H26BrFN2O2S. The quantitative estimate of drug-likeness (QED) is 0.373. The molecule has 1 aliphatic rings. The number of hydrogen-bond donors (Lipinski definition) is 2. The first-order valence-corrected chi connectivity index (χ1v) is 12.5. The van der Waals surface area contributed by atoms with Gasteiger partial charge in [-0.25, -0.2) is 4.39 Å². The smallest absolute Gasteiger partial charge is 0.258 e. The molecule has 1 heterocycles. The molecule has 1 aliphatic carbocycles. The Bertz CT molecular complexity index is 1200. The summed E-state index contributed by atoms with van der Waals surface area (Å²) in [6, 6.07) is 12.8. The van der Waals surface area contributed by atoms with Crippen LogP contribution in [0.5, 0.6) is 0 Å². The van der Waals surface area contributed by atoms with E-state index in [1.54, 1.807) is 0 Å². The summed E-state index contributed by atoms with van der Waals surface area (Å²) >= 11 is 4.95. The molecule has 172 valence electrons. The monoisotopic (exact) mass is 528 g/mol. The van der Waals surface area contributed by atoms with Gasteiger partial charge in [0.15, 0.2) is 0 Å². The largest absolute Gasteiger partial charge is 0.321 e. The molecule has 1 aromatic heterocycles. The Balaban J connectivity index is 1.69. The highest BCUT2D eigenvalue weighted by Crippen LogP contribution is 2.44. The number of nitrogens with one attached hydrogen (secondary N) is 2. The minimum Gasteiger partial charge on any atom is -0.321 e. The van der Waals surface area contributed by atoms with Gasteiger partial charge >= 0.3 is 0 Å². The van der Waals surface area contributed by atoms with Crippen molar-refractivity contribution in [3.05, 3.63) is 80.4 Å². The zero-order valence-corrected chi connectivity index (χ0v) is 21.2. The number of para-hydroxylation sites is 1. The van der Waals surface area contributed by atoms with Gasteiger partial charge in [-0.2, -0.15) is 0 Å². The van der Waals surface area contributed by atoms with Crippen LogP contribution >= 0.6 is 27.3 Å². The third kappa shape index (κ3) is 5.20. The van der Waals surface area contributed by atoms with Crippen LogP contribution in [0.3, 0.4) is 0 Å². The molecule has 7 heteroatoms. The van der Waals surface area contributed by atoms with Crippen LogP contribution in [0.1, 0.15) is 58.3 Å². The number of halogens is 2. The number of carbonyl (C=O) groups excluding carboxylic acids is 2. The molecule has 0 radical (unpaired) electrons. The van der Waals surface area contributed by atoms with E-state index in [9.17, 15) is 14.0 Å². The van der Waals surface area contributed by atoms with Gasteiger partial charge in [-0.15, -0.1) is 11.3 Å². The van der Waals surface area contributed by atoms with Crippen molar-refractivity contribution in [1.29, 1.82) is 0 Å². The Labute approximate surface area is 205 Å². The van der Waals surface area contributed by atoms with Gasteiger partial charge in [-0.1, -0.05) is 32.9 Å². The van der Waals surface area contributed by atoms with Gasteiger partial charge in [0.1, 0.15) is 10.8 Å². The highest BCUT2D eigenvalue weighted by molar-refractivity contribution is 9.10. The second-order valence-electron chi connectivity index (χ2n) is 9.41. The van der Waals surface area contributed by atoms with E-state index in [1.165, 1.54) is 35.6 Å². The van der Waals surface area contributed by atoms with Gasteiger partial charge in [0, 0.05) is 14.9 Å². The zero-order chi connectivity index (χ0) is 23.8. The maximum atomic E-state index is 13.4. The van der Waals surface area contributed by atoms with Gasteiger partial charge in [0.05, 0.1) is 11.3 Å². The molecule has 4 nitrogen and oxygen atoms in total. The summed E-state index contributed by atoms with van der Waals surface area (Å²) in [6.07, 6.45) is 2.66. The molecule has 0 fully saturated rings. The Morgan fingerprint density at radius 2 is 1.73 bits per heavy atom. The fraction of sp³-hybridized carbons (Fsp3) is 0.308.